The first-order valence-electron chi connectivity index (χ1n) is 4.88. The molecule has 0 saturated carbocycles. The van der Waals surface area contributed by atoms with Crippen LogP contribution in [0.25, 0.3) is 0 Å². The third kappa shape index (κ3) is 2.95. The molecule has 90 valence electrons. The largest absolute Gasteiger partial charge is 0.393 e. The van der Waals surface area contributed by atoms with Crippen LogP contribution in [-0.2, 0) is 0 Å². The smallest absolute Gasteiger partial charge is 0.330 e. The predicted molar refractivity (Wildman–Crippen MR) is 53.4 cm³/mol. The van der Waals surface area contributed by atoms with E-state index in [1.165, 1.54) is 19.1 Å². The molecular weight excluding hydrogens is 222 g/mol. The van der Waals surface area contributed by atoms with Crippen LogP contribution in [0.1, 0.15) is 18.4 Å². The first-order chi connectivity index (χ1) is 7.36. The van der Waals surface area contributed by atoms with Crippen molar-refractivity contribution in [2.75, 3.05) is 6.54 Å². The van der Waals surface area contributed by atoms with Gasteiger partial charge in [0.25, 0.3) is 0 Å². The number of hydrogen-bond donors (Lipinski definition) is 1. The van der Waals surface area contributed by atoms with E-state index < -0.39 is 30.4 Å². The van der Waals surface area contributed by atoms with Gasteiger partial charge in [-0.05, 0) is 23.6 Å². The molecule has 0 aliphatic heterocycles. The van der Waals surface area contributed by atoms with E-state index in [9.17, 15) is 17.6 Å². The van der Waals surface area contributed by atoms with E-state index in [-0.39, 0.29) is 0 Å². The van der Waals surface area contributed by atoms with Gasteiger partial charge in [-0.1, -0.05) is 19.1 Å². The van der Waals surface area contributed by atoms with Crippen molar-refractivity contribution in [2.45, 2.75) is 19.0 Å². The number of halogens is 4. The Morgan fingerprint density at radius 3 is 2.06 bits per heavy atom. The Morgan fingerprint density at radius 2 is 1.69 bits per heavy atom. The van der Waals surface area contributed by atoms with Crippen molar-refractivity contribution >= 4 is 0 Å². The third-order valence-corrected chi connectivity index (χ3v) is 2.67. The van der Waals surface area contributed by atoms with Crippen molar-refractivity contribution in [1.82, 2.24) is 0 Å². The zero-order valence-corrected chi connectivity index (χ0v) is 8.76. The Morgan fingerprint density at radius 1 is 1.19 bits per heavy atom. The van der Waals surface area contributed by atoms with Crippen LogP contribution in [0.15, 0.2) is 24.3 Å². The second-order valence-electron chi connectivity index (χ2n) is 3.72. The van der Waals surface area contributed by atoms with Gasteiger partial charge in [-0.2, -0.15) is 13.2 Å². The second-order valence-corrected chi connectivity index (χ2v) is 3.72. The number of alkyl halides is 3. The lowest BCUT2D eigenvalue weighted by Gasteiger charge is -2.25. The quantitative estimate of drug-likeness (QED) is 0.800. The van der Waals surface area contributed by atoms with Gasteiger partial charge in [0, 0.05) is 6.54 Å². The topological polar surface area (TPSA) is 26.0 Å². The van der Waals surface area contributed by atoms with E-state index in [0.29, 0.717) is 5.56 Å². The number of benzene rings is 1. The van der Waals surface area contributed by atoms with Gasteiger partial charge in [0.1, 0.15) is 5.82 Å². The highest BCUT2D eigenvalue weighted by Crippen LogP contribution is 2.36. The highest BCUT2D eigenvalue weighted by atomic mass is 19.4. The van der Waals surface area contributed by atoms with Crippen LogP contribution >= 0.6 is 0 Å². The standard InChI is InChI=1S/C11H13F4N/c1-7(10(6-16)11(13,14)15)8-2-4-9(12)5-3-8/h2-5,7,10H,6,16H2,1H3. The fourth-order valence-corrected chi connectivity index (χ4v) is 1.62. The Balaban J connectivity index is 2.91. The minimum atomic E-state index is -4.33. The molecule has 0 radical (unpaired) electrons. The molecule has 2 atom stereocenters. The van der Waals surface area contributed by atoms with Crippen LogP contribution in [-0.4, -0.2) is 12.7 Å². The van der Waals surface area contributed by atoms with E-state index in [4.69, 9.17) is 5.73 Å². The van der Waals surface area contributed by atoms with Gasteiger partial charge in [0.15, 0.2) is 0 Å². The number of rotatable bonds is 3. The van der Waals surface area contributed by atoms with E-state index in [1.807, 2.05) is 0 Å². The first-order valence-corrected chi connectivity index (χ1v) is 4.88. The molecule has 1 rings (SSSR count). The summed E-state index contributed by atoms with van der Waals surface area (Å²) < 4.78 is 50.4. The molecule has 2 unspecified atom stereocenters. The lowest BCUT2D eigenvalue weighted by molar-refractivity contribution is -0.176. The minimum Gasteiger partial charge on any atom is -0.330 e. The molecule has 0 amide bonds. The molecule has 2 N–H and O–H groups in total. The molecule has 1 aromatic rings. The van der Waals surface area contributed by atoms with Crippen LogP contribution in [0.5, 0.6) is 0 Å². The van der Waals surface area contributed by atoms with Crippen molar-refractivity contribution in [1.29, 1.82) is 0 Å². The van der Waals surface area contributed by atoms with Gasteiger partial charge in [-0.15, -0.1) is 0 Å². The number of hydrogen-bond acceptors (Lipinski definition) is 1. The fraction of sp³-hybridized carbons (Fsp3) is 0.455. The molecule has 0 saturated heterocycles. The fourth-order valence-electron chi connectivity index (χ4n) is 1.62. The molecule has 0 aromatic heterocycles. The molecule has 0 aliphatic carbocycles. The summed E-state index contributed by atoms with van der Waals surface area (Å²) in [6.07, 6.45) is -4.33. The van der Waals surface area contributed by atoms with Crippen molar-refractivity contribution in [2.24, 2.45) is 11.7 Å². The van der Waals surface area contributed by atoms with E-state index in [0.717, 1.165) is 12.1 Å². The molecule has 1 nitrogen and oxygen atoms in total. The third-order valence-electron chi connectivity index (χ3n) is 2.67. The van der Waals surface area contributed by atoms with Crippen molar-refractivity contribution in [3.05, 3.63) is 35.6 Å². The summed E-state index contributed by atoms with van der Waals surface area (Å²) in [6.45, 7) is 0.973. The normalized spacial score (nSPS) is 15.9. The summed E-state index contributed by atoms with van der Waals surface area (Å²) in [5.74, 6) is -2.84. The summed E-state index contributed by atoms with van der Waals surface area (Å²) in [7, 11) is 0. The maximum absolute atomic E-state index is 12.6. The molecule has 0 heterocycles. The van der Waals surface area contributed by atoms with Crippen LogP contribution in [0, 0.1) is 11.7 Å². The minimum absolute atomic E-state index is 0.439. The van der Waals surface area contributed by atoms with Crippen molar-refractivity contribution in [3.63, 3.8) is 0 Å². The van der Waals surface area contributed by atoms with Crippen LogP contribution in [0.2, 0.25) is 0 Å². The Labute approximate surface area is 91.3 Å². The van der Waals surface area contributed by atoms with Gasteiger partial charge >= 0.3 is 6.18 Å². The van der Waals surface area contributed by atoms with Gasteiger partial charge in [-0.25, -0.2) is 4.39 Å². The van der Waals surface area contributed by atoms with Crippen LogP contribution in [0.3, 0.4) is 0 Å². The van der Waals surface area contributed by atoms with Gasteiger partial charge in [-0.3, -0.25) is 0 Å². The zero-order chi connectivity index (χ0) is 12.3. The van der Waals surface area contributed by atoms with Crippen LogP contribution in [0.4, 0.5) is 17.6 Å². The molecule has 0 aliphatic rings. The zero-order valence-electron chi connectivity index (χ0n) is 8.76. The average molecular weight is 235 g/mol. The lowest BCUT2D eigenvalue weighted by atomic mass is 9.87. The molecule has 5 heteroatoms. The molecule has 1 aromatic carbocycles. The maximum Gasteiger partial charge on any atom is 0.393 e. The molecule has 0 spiro atoms. The SMILES string of the molecule is CC(c1ccc(F)cc1)C(CN)C(F)(F)F. The van der Waals surface area contributed by atoms with E-state index in [2.05, 4.69) is 0 Å². The van der Waals surface area contributed by atoms with Crippen LogP contribution < -0.4 is 5.73 Å². The number of nitrogens with two attached hydrogens (primary N) is 1. The maximum atomic E-state index is 12.6. The summed E-state index contributed by atoms with van der Waals surface area (Å²) in [4.78, 5) is 0. The summed E-state index contributed by atoms with van der Waals surface area (Å²) in [5, 5.41) is 0. The van der Waals surface area contributed by atoms with E-state index >= 15 is 0 Å². The molecular formula is C11H13F4N. The average Bonchev–Trinajstić information content (AvgIpc) is 2.17. The van der Waals surface area contributed by atoms with Gasteiger partial charge in [0.05, 0.1) is 5.92 Å². The highest BCUT2D eigenvalue weighted by Gasteiger charge is 2.42. The Hall–Kier alpha value is -1.10. The monoisotopic (exact) mass is 235 g/mol. The van der Waals surface area contributed by atoms with Crippen molar-refractivity contribution in [3.8, 4) is 0 Å². The Bertz CT molecular complexity index is 331. The van der Waals surface area contributed by atoms with Crippen molar-refractivity contribution < 1.29 is 17.6 Å². The van der Waals surface area contributed by atoms with E-state index in [1.54, 1.807) is 0 Å². The summed E-state index contributed by atoms with van der Waals surface area (Å²) >= 11 is 0. The Kier molecular flexibility index (Phi) is 3.91. The molecule has 0 bridgehead atoms. The molecule has 16 heavy (non-hydrogen) atoms. The highest BCUT2D eigenvalue weighted by molar-refractivity contribution is 5.21. The predicted octanol–water partition coefficient (Wildman–Crippen LogP) is 3.07. The van der Waals surface area contributed by atoms with Gasteiger partial charge < -0.3 is 5.73 Å². The van der Waals surface area contributed by atoms with Gasteiger partial charge in [0.2, 0.25) is 0 Å². The summed E-state index contributed by atoms with van der Waals surface area (Å²) in [5.41, 5.74) is 5.57. The lowest BCUT2D eigenvalue weighted by Crippen LogP contribution is -2.34. The summed E-state index contributed by atoms with van der Waals surface area (Å²) in [6, 6.07) is 5.01. The molecule has 0 fully saturated rings. The second kappa shape index (κ2) is 4.82. The first kappa shape index (κ1) is 13.0.